The molecule has 2 aromatic heterocycles. The number of aromatic nitrogens is 2. The quantitative estimate of drug-likeness (QED) is 0.280. The van der Waals surface area contributed by atoms with Crippen molar-refractivity contribution in [2.24, 2.45) is 0 Å². The Hall–Kier alpha value is -4.10. The highest BCUT2D eigenvalue weighted by atomic mass is 32.1. The number of benzene rings is 3. The van der Waals surface area contributed by atoms with Gasteiger partial charge in [-0.1, -0.05) is 72.8 Å². The second-order valence-electron chi connectivity index (χ2n) is 8.16. The summed E-state index contributed by atoms with van der Waals surface area (Å²) >= 11 is 1.62. The predicted octanol–water partition coefficient (Wildman–Crippen LogP) is 6.35. The van der Waals surface area contributed by atoms with Crippen molar-refractivity contribution in [2.75, 3.05) is 19.0 Å². The molecule has 0 unspecified atom stereocenters. The third-order valence-corrected chi connectivity index (χ3v) is 6.73. The van der Waals surface area contributed by atoms with Gasteiger partial charge in [0.05, 0.1) is 18.5 Å². The average molecular weight is 483 g/mol. The Morgan fingerprint density at radius 1 is 1.00 bits per heavy atom. The number of carbonyl (C=O) groups is 1. The standard InChI is InChI=1S/C28H26N4O2S/c1-34-26-15-9-8-14-24(26)29-27(33)31(18-21-10-4-2-5-11-21)17-16-23-20-35-28-30-25(19-32(23)28)22-12-6-3-7-13-22/h2-15,19-20H,16-18H2,1H3,(H,29,33). The Balaban J connectivity index is 1.36. The van der Waals surface area contributed by atoms with Crippen molar-refractivity contribution in [1.82, 2.24) is 14.3 Å². The van der Waals surface area contributed by atoms with Crippen LogP contribution in [0.3, 0.4) is 0 Å². The van der Waals surface area contributed by atoms with Crippen LogP contribution in [0, 0.1) is 0 Å². The minimum atomic E-state index is -0.166. The molecule has 3 aromatic carbocycles. The van der Waals surface area contributed by atoms with Crippen LogP contribution in [0.1, 0.15) is 11.3 Å². The molecule has 2 amide bonds. The van der Waals surface area contributed by atoms with Crippen molar-refractivity contribution in [2.45, 2.75) is 13.0 Å². The molecule has 0 bridgehead atoms. The van der Waals surface area contributed by atoms with Crippen LogP contribution in [-0.4, -0.2) is 34.0 Å². The fourth-order valence-electron chi connectivity index (χ4n) is 4.00. The maximum absolute atomic E-state index is 13.3. The van der Waals surface area contributed by atoms with E-state index in [0.717, 1.165) is 27.5 Å². The number of hydrogen-bond donors (Lipinski definition) is 1. The average Bonchev–Trinajstić information content (AvgIpc) is 3.49. The number of fused-ring (bicyclic) bond motifs is 1. The zero-order chi connectivity index (χ0) is 24.0. The molecule has 5 rings (SSSR count). The van der Waals surface area contributed by atoms with E-state index in [4.69, 9.17) is 9.72 Å². The van der Waals surface area contributed by atoms with Gasteiger partial charge in [-0.3, -0.25) is 4.40 Å². The molecule has 0 spiro atoms. The fraction of sp³-hybridized carbons (Fsp3) is 0.143. The van der Waals surface area contributed by atoms with Crippen molar-refractivity contribution in [3.8, 4) is 17.0 Å². The molecule has 35 heavy (non-hydrogen) atoms. The van der Waals surface area contributed by atoms with Crippen LogP contribution < -0.4 is 10.1 Å². The lowest BCUT2D eigenvalue weighted by molar-refractivity contribution is 0.209. The molecule has 0 saturated heterocycles. The lowest BCUT2D eigenvalue weighted by Gasteiger charge is -2.24. The van der Waals surface area contributed by atoms with E-state index in [1.807, 2.05) is 77.7 Å². The molecule has 1 N–H and O–H groups in total. The number of hydrogen-bond acceptors (Lipinski definition) is 4. The Morgan fingerprint density at radius 3 is 2.49 bits per heavy atom. The van der Waals surface area contributed by atoms with E-state index in [1.165, 1.54) is 0 Å². The molecule has 0 aliphatic carbocycles. The van der Waals surface area contributed by atoms with E-state index in [2.05, 4.69) is 33.4 Å². The van der Waals surface area contributed by atoms with Crippen LogP contribution in [-0.2, 0) is 13.0 Å². The number of carbonyl (C=O) groups excluding carboxylic acids is 1. The van der Waals surface area contributed by atoms with Crippen LogP contribution in [0.2, 0.25) is 0 Å². The zero-order valence-electron chi connectivity index (χ0n) is 19.4. The number of ether oxygens (including phenoxy) is 1. The van der Waals surface area contributed by atoms with E-state index >= 15 is 0 Å². The number of anilines is 1. The third kappa shape index (κ3) is 5.20. The summed E-state index contributed by atoms with van der Waals surface area (Å²) in [6.07, 6.45) is 2.78. The summed E-state index contributed by atoms with van der Waals surface area (Å²) in [6, 6.07) is 27.5. The highest BCUT2D eigenvalue weighted by molar-refractivity contribution is 7.15. The summed E-state index contributed by atoms with van der Waals surface area (Å²) in [5.74, 6) is 0.631. The van der Waals surface area contributed by atoms with Gasteiger partial charge < -0.3 is 15.0 Å². The van der Waals surface area contributed by atoms with E-state index in [-0.39, 0.29) is 6.03 Å². The number of thiazole rings is 1. The van der Waals surface area contributed by atoms with Gasteiger partial charge in [0.2, 0.25) is 0 Å². The van der Waals surface area contributed by atoms with Crippen molar-refractivity contribution < 1.29 is 9.53 Å². The number of para-hydroxylation sites is 2. The number of methoxy groups -OCH3 is 1. The molecular weight excluding hydrogens is 456 g/mol. The molecule has 5 aromatic rings. The summed E-state index contributed by atoms with van der Waals surface area (Å²) < 4.78 is 7.54. The fourth-order valence-corrected chi connectivity index (χ4v) is 4.91. The number of imidazole rings is 1. The Bertz CT molecular complexity index is 1410. The van der Waals surface area contributed by atoms with Crippen LogP contribution in [0.25, 0.3) is 16.2 Å². The van der Waals surface area contributed by atoms with E-state index in [9.17, 15) is 4.79 Å². The van der Waals surface area contributed by atoms with E-state index in [0.29, 0.717) is 30.9 Å². The summed E-state index contributed by atoms with van der Waals surface area (Å²) in [7, 11) is 1.60. The second-order valence-corrected chi connectivity index (χ2v) is 9.00. The number of nitrogens with zero attached hydrogens (tertiary/aromatic N) is 3. The number of nitrogens with one attached hydrogen (secondary N) is 1. The van der Waals surface area contributed by atoms with Crippen LogP contribution >= 0.6 is 11.3 Å². The third-order valence-electron chi connectivity index (χ3n) is 5.84. The molecule has 2 heterocycles. The van der Waals surface area contributed by atoms with Gasteiger partial charge in [0.15, 0.2) is 4.96 Å². The van der Waals surface area contributed by atoms with Crippen LogP contribution in [0.5, 0.6) is 5.75 Å². The maximum Gasteiger partial charge on any atom is 0.322 e. The van der Waals surface area contributed by atoms with E-state index < -0.39 is 0 Å². The van der Waals surface area contributed by atoms with Crippen LogP contribution in [0.15, 0.2) is 96.5 Å². The SMILES string of the molecule is COc1ccccc1NC(=O)N(CCc1csc2nc(-c3ccccc3)cn12)Cc1ccccc1. The number of amides is 2. The first-order chi connectivity index (χ1) is 17.2. The van der Waals surface area contributed by atoms with Gasteiger partial charge in [0.1, 0.15) is 5.75 Å². The first-order valence-electron chi connectivity index (χ1n) is 11.4. The van der Waals surface area contributed by atoms with Crippen molar-refractivity contribution >= 4 is 28.0 Å². The molecule has 0 atom stereocenters. The first-order valence-corrected chi connectivity index (χ1v) is 12.3. The minimum absolute atomic E-state index is 0.166. The molecule has 0 saturated carbocycles. The highest BCUT2D eigenvalue weighted by Gasteiger charge is 2.18. The number of rotatable bonds is 8. The van der Waals surface area contributed by atoms with Gasteiger partial charge in [-0.25, -0.2) is 9.78 Å². The van der Waals surface area contributed by atoms with Gasteiger partial charge >= 0.3 is 6.03 Å². The molecule has 0 aliphatic heterocycles. The first kappa shape index (κ1) is 22.7. The van der Waals surface area contributed by atoms with Gasteiger partial charge in [-0.2, -0.15) is 0 Å². The molecule has 0 aliphatic rings. The lowest BCUT2D eigenvalue weighted by Crippen LogP contribution is -2.36. The zero-order valence-corrected chi connectivity index (χ0v) is 20.2. The Morgan fingerprint density at radius 2 is 1.71 bits per heavy atom. The molecule has 0 radical (unpaired) electrons. The normalized spacial score (nSPS) is 10.9. The van der Waals surface area contributed by atoms with Crippen molar-refractivity contribution in [3.63, 3.8) is 0 Å². The van der Waals surface area contributed by atoms with Crippen molar-refractivity contribution in [3.05, 3.63) is 108 Å². The highest BCUT2D eigenvalue weighted by Crippen LogP contribution is 2.25. The van der Waals surface area contributed by atoms with Gasteiger partial charge in [-0.05, 0) is 17.7 Å². The Kier molecular flexibility index (Phi) is 6.77. The molecule has 7 heteroatoms. The topological polar surface area (TPSA) is 58.9 Å². The van der Waals surface area contributed by atoms with Gasteiger partial charge in [-0.15, -0.1) is 11.3 Å². The molecule has 6 nitrogen and oxygen atoms in total. The monoisotopic (exact) mass is 482 g/mol. The summed E-state index contributed by atoms with van der Waals surface area (Å²) in [5.41, 5.74) is 4.90. The summed E-state index contributed by atoms with van der Waals surface area (Å²) in [4.78, 5) is 20.9. The number of urea groups is 1. The second kappa shape index (κ2) is 10.4. The minimum Gasteiger partial charge on any atom is -0.495 e. The van der Waals surface area contributed by atoms with Crippen molar-refractivity contribution in [1.29, 1.82) is 0 Å². The molecule has 176 valence electrons. The maximum atomic E-state index is 13.3. The van der Waals surface area contributed by atoms with Gasteiger partial charge in [0.25, 0.3) is 0 Å². The lowest BCUT2D eigenvalue weighted by atomic mass is 10.2. The van der Waals surface area contributed by atoms with E-state index in [1.54, 1.807) is 18.4 Å². The summed E-state index contributed by atoms with van der Waals surface area (Å²) in [6.45, 7) is 1.06. The Labute approximate surface area is 208 Å². The molecule has 0 fully saturated rings. The largest absolute Gasteiger partial charge is 0.495 e. The molecular formula is C28H26N4O2S. The van der Waals surface area contributed by atoms with Crippen LogP contribution in [0.4, 0.5) is 10.5 Å². The van der Waals surface area contributed by atoms with Gasteiger partial charge in [0, 0.05) is 42.3 Å². The smallest absolute Gasteiger partial charge is 0.322 e. The summed E-state index contributed by atoms with van der Waals surface area (Å²) in [5, 5.41) is 5.14. The predicted molar refractivity (Wildman–Crippen MR) is 141 cm³/mol.